The van der Waals surface area contributed by atoms with Gasteiger partial charge in [-0.2, -0.15) is 5.26 Å². The summed E-state index contributed by atoms with van der Waals surface area (Å²) in [6, 6.07) is 3.68. The lowest BCUT2D eigenvalue weighted by Crippen LogP contribution is -1.99. The minimum Gasteiger partial charge on any atom is -0.496 e. The Labute approximate surface area is 99.3 Å². The molecule has 0 N–H and O–H groups in total. The third kappa shape index (κ3) is 2.15. The zero-order valence-corrected chi connectivity index (χ0v) is 10.1. The minimum absolute atomic E-state index is 0.163. The van der Waals surface area contributed by atoms with Gasteiger partial charge in [0.1, 0.15) is 22.3 Å². The van der Waals surface area contributed by atoms with Gasteiger partial charge in [0.05, 0.1) is 39.4 Å². The second-order valence-electron chi connectivity index (χ2n) is 2.94. The molecule has 0 unspecified atom stereocenters. The van der Waals surface area contributed by atoms with E-state index in [4.69, 9.17) is 31.1 Å². The molecule has 0 aliphatic carbocycles. The molecule has 1 rings (SSSR count). The number of rotatable bonds is 4. The largest absolute Gasteiger partial charge is 0.496 e. The van der Waals surface area contributed by atoms with Crippen LogP contribution in [0, 0.1) is 11.3 Å². The molecule has 86 valence electrons. The summed E-state index contributed by atoms with van der Waals surface area (Å²) in [6.07, 6.45) is 0.163. The summed E-state index contributed by atoms with van der Waals surface area (Å²) in [6.45, 7) is 0. The molecule has 0 aliphatic rings. The molecule has 16 heavy (non-hydrogen) atoms. The smallest absolute Gasteiger partial charge is 0.149 e. The maximum absolute atomic E-state index is 8.74. The van der Waals surface area contributed by atoms with E-state index in [1.165, 1.54) is 21.3 Å². The quantitative estimate of drug-likeness (QED) is 0.812. The van der Waals surface area contributed by atoms with Gasteiger partial charge in [0.2, 0.25) is 0 Å². The molecule has 0 saturated heterocycles. The monoisotopic (exact) mass is 241 g/mol. The molecule has 0 aromatic heterocycles. The maximum atomic E-state index is 8.74. The first-order valence-electron chi connectivity index (χ1n) is 4.53. The topological polar surface area (TPSA) is 51.5 Å². The van der Waals surface area contributed by atoms with Crippen LogP contribution in [0.25, 0.3) is 0 Å². The van der Waals surface area contributed by atoms with E-state index in [1.807, 2.05) is 6.07 Å². The lowest BCUT2D eigenvalue weighted by atomic mass is 10.1. The molecule has 0 saturated carbocycles. The Morgan fingerprint density at radius 2 is 1.81 bits per heavy atom. The van der Waals surface area contributed by atoms with Crippen LogP contribution >= 0.6 is 11.6 Å². The summed E-state index contributed by atoms with van der Waals surface area (Å²) in [5.41, 5.74) is 0.623. The molecule has 0 amide bonds. The first-order valence-corrected chi connectivity index (χ1v) is 4.91. The molecule has 0 aliphatic heterocycles. The summed E-state index contributed by atoms with van der Waals surface area (Å²) in [4.78, 5) is 0. The molecule has 1 aromatic carbocycles. The van der Waals surface area contributed by atoms with Crippen molar-refractivity contribution in [3.63, 3.8) is 0 Å². The predicted molar refractivity (Wildman–Crippen MR) is 60.4 cm³/mol. The minimum atomic E-state index is 0.163. The van der Waals surface area contributed by atoms with E-state index in [0.29, 0.717) is 27.8 Å². The van der Waals surface area contributed by atoms with Crippen LogP contribution in [-0.4, -0.2) is 21.3 Å². The molecular formula is C11H12ClNO3. The third-order valence-corrected chi connectivity index (χ3v) is 2.51. The summed E-state index contributed by atoms with van der Waals surface area (Å²) in [5, 5.41) is 9.09. The fourth-order valence-electron chi connectivity index (χ4n) is 1.42. The molecule has 0 bridgehead atoms. The standard InChI is InChI=1S/C11H12ClNO3/c1-14-8-6-9(15-2)10(12)11(16-3)7(8)4-5-13/h6H,4H2,1-3H3. The van der Waals surface area contributed by atoms with Gasteiger partial charge in [0.25, 0.3) is 0 Å². The fourth-order valence-corrected chi connectivity index (χ4v) is 1.74. The molecule has 5 heteroatoms. The molecule has 0 radical (unpaired) electrons. The van der Waals surface area contributed by atoms with E-state index in [9.17, 15) is 0 Å². The fraction of sp³-hybridized carbons (Fsp3) is 0.364. The van der Waals surface area contributed by atoms with E-state index >= 15 is 0 Å². The normalized spacial score (nSPS) is 9.44. The van der Waals surface area contributed by atoms with E-state index in [2.05, 4.69) is 0 Å². The zero-order chi connectivity index (χ0) is 12.1. The van der Waals surface area contributed by atoms with Crippen molar-refractivity contribution in [2.24, 2.45) is 0 Å². The number of nitrogens with zero attached hydrogens (tertiary/aromatic N) is 1. The van der Waals surface area contributed by atoms with Crippen LogP contribution < -0.4 is 14.2 Å². The van der Waals surface area contributed by atoms with E-state index in [-0.39, 0.29) is 6.42 Å². The number of hydrogen-bond acceptors (Lipinski definition) is 4. The maximum Gasteiger partial charge on any atom is 0.149 e. The predicted octanol–water partition coefficient (Wildman–Crippen LogP) is 2.43. The van der Waals surface area contributed by atoms with Gasteiger partial charge >= 0.3 is 0 Å². The van der Waals surface area contributed by atoms with Crippen molar-refractivity contribution >= 4 is 11.6 Å². The molecule has 0 heterocycles. The first kappa shape index (κ1) is 12.5. The Bertz CT molecular complexity index is 426. The SMILES string of the molecule is COc1cc(OC)c(CC#N)c(OC)c1Cl. The first-order chi connectivity index (χ1) is 7.69. The van der Waals surface area contributed by atoms with Gasteiger partial charge in [-0.1, -0.05) is 11.6 Å². The molecule has 0 atom stereocenters. The molecule has 1 aromatic rings. The number of ether oxygens (including phenoxy) is 3. The Morgan fingerprint density at radius 3 is 2.25 bits per heavy atom. The van der Waals surface area contributed by atoms with Gasteiger partial charge in [-0.15, -0.1) is 0 Å². The van der Waals surface area contributed by atoms with Gasteiger partial charge in [-0.05, 0) is 0 Å². The van der Waals surface area contributed by atoms with E-state index in [1.54, 1.807) is 6.07 Å². The van der Waals surface area contributed by atoms with Gasteiger partial charge in [0.15, 0.2) is 0 Å². The van der Waals surface area contributed by atoms with Crippen LogP contribution in [0.1, 0.15) is 5.56 Å². The van der Waals surface area contributed by atoms with Crippen LogP contribution in [0.3, 0.4) is 0 Å². The van der Waals surface area contributed by atoms with Crippen molar-refractivity contribution < 1.29 is 14.2 Å². The number of benzene rings is 1. The highest BCUT2D eigenvalue weighted by Crippen LogP contribution is 2.42. The van der Waals surface area contributed by atoms with Crippen molar-refractivity contribution in [3.05, 3.63) is 16.7 Å². The Kier molecular flexibility index (Phi) is 4.27. The highest BCUT2D eigenvalue weighted by atomic mass is 35.5. The molecule has 0 fully saturated rings. The second kappa shape index (κ2) is 5.47. The van der Waals surface area contributed by atoms with Crippen molar-refractivity contribution in [1.29, 1.82) is 5.26 Å². The van der Waals surface area contributed by atoms with E-state index < -0.39 is 0 Å². The third-order valence-electron chi connectivity index (χ3n) is 2.15. The zero-order valence-electron chi connectivity index (χ0n) is 9.33. The van der Waals surface area contributed by atoms with Crippen molar-refractivity contribution in [2.45, 2.75) is 6.42 Å². The van der Waals surface area contributed by atoms with Crippen molar-refractivity contribution in [1.82, 2.24) is 0 Å². The summed E-state index contributed by atoms with van der Waals surface area (Å²) in [5.74, 6) is 1.40. The van der Waals surface area contributed by atoms with Crippen LogP contribution in [0.5, 0.6) is 17.2 Å². The van der Waals surface area contributed by atoms with Crippen molar-refractivity contribution in [3.8, 4) is 23.3 Å². The average Bonchev–Trinajstić information content (AvgIpc) is 2.30. The molecule has 4 nitrogen and oxygen atoms in total. The Morgan fingerprint density at radius 1 is 1.19 bits per heavy atom. The summed E-state index contributed by atoms with van der Waals surface area (Å²) < 4.78 is 15.4. The van der Waals surface area contributed by atoms with Crippen molar-refractivity contribution in [2.75, 3.05) is 21.3 Å². The highest BCUT2D eigenvalue weighted by Gasteiger charge is 2.18. The lowest BCUT2D eigenvalue weighted by molar-refractivity contribution is 0.370. The van der Waals surface area contributed by atoms with Crippen LogP contribution in [0.4, 0.5) is 0 Å². The summed E-state index contributed by atoms with van der Waals surface area (Å²) in [7, 11) is 4.51. The molecular weight excluding hydrogens is 230 g/mol. The van der Waals surface area contributed by atoms with Crippen LogP contribution in [0.2, 0.25) is 5.02 Å². The number of halogens is 1. The second-order valence-corrected chi connectivity index (χ2v) is 3.32. The average molecular weight is 242 g/mol. The van der Waals surface area contributed by atoms with Gasteiger partial charge in [-0.25, -0.2) is 0 Å². The van der Waals surface area contributed by atoms with Gasteiger partial charge in [0, 0.05) is 6.07 Å². The van der Waals surface area contributed by atoms with E-state index in [0.717, 1.165) is 0 Å². The number of nitriles is 1. The Balaban J connectivity index is 3.45. The number of methoxy groups -OCH3 is 3. The lowest BCUT2D eigenvalue weighted by Gasteiger charge is -2.15. The van der Waals surface area contributed by atoms with Crippen LogP contribution in [0.15, 0.2) is 6.07 Å². The Hall–Kier alpha value is -1.60. The molecule has 0 spiro atoms. The number of hydrogen-bond donors (Lipinski definition) is 0. The highest BCUT2D eigenvalue weighted by molar-refractivity contribution is 6.33. The van der Waals surface area contributed by atoms with Gasteiger partial charge < -0.3 is 14.2 Å². The van der Waals surface area contributed by atoms with Gasteiger partial charge in [-0.3, -0.25) is 0 Å². The van der Waals surface area contributed by atoms with Crippen LogP contribution in [-0.2, 0) is 6.42 Å². The summed E-state index contributed by atoms with van der Waals surface area (Å²) >= 11 is 6.06.